The summed E-state index contributed by atoms with van der Waals surface area (Å²) < 4.78 is 3.25. The van der Waals surface area contributed by atoms with E-state index in [4.69, 9.17) is 4.98 Å². The molecule has 0 aliphatic carbocycles. The van der Waals surface area contributed by atoms with Crippen molar-refractivity contribution in [2.45, 2.75) is 0 Å². The maximum absolute atomic E-state index is 5.00. The maximum Gasteiger partial charge on any atom is 0.140 e. The van der Waals surface area contributed by atoms with E-state index in [9.17, 15) is 0 Å². The number of benzene rings is 3. The van der Waals surface area contributed by atoms with Crippen LogP contribution in [0.25, 0.3) is 33.9 Å². The van der Waals surface area contributed by atoms with Crippen LogP contribution in [0, 0.1) is 0 Å². The highest BCUT2D eigenvalue weighted by atomic mass is 79.9. The van der Waals surface area contributed by atoms with E-state index >= 15 is 0 Å². The van der Waals surface area contributed by atoms with Gasteiger partial charge in [0.05, 0.1) is 11.4 Å². The first-order chi connectivity index (χ1) is 12.2. The average molecular weight is 389 g/mol. The average Bonchev–Trinajstić information content (AvgIpc) is 3.01. The summed E-state index contributed by atoms with van der Waals surface area (Å²) in [5.74, 6) is 0.963. The Morgan fingerprint density at radius 2 is 1.24 bits per heavy atom. The van der Waals surface area contributed by atoms with Gasteiger partial charge in [0.25, 0.3) is 0 Å². The molecule has 4 rings (SSSR count). The third-order valence-electron chi connectivity index (χ3n) is 4.29. The van der Waals surface area contributed by atoms with Crippen molar-refractivity contribution in [2.24, 2.45) is 7.05 Å². The van der Waals surface area contributed by atoms with E-state index in [1.807, 2.05) is 24.3 Å². The van der Waals surface area contributed by atoms with Crippen molar-refractivity contribution >= 4 is 15.9 Å². The maximum atomic E-state index is 5.00. The Morgan fingerprint density at radius 3 is 1.84 bits per heavy atom. The third kappa shape index (κ3) is 3.03. The first-order valence-electron chi connectivity index (χ1n) is 8.17. The molecule has 25 heavy (non-hydrogen) atoms. The molecule has 0 bridgehead atoms. The summed E-state index contributed by atoms with van der Waals surface area (Å²) >= 11 is 3.50. The zero-order chi connectivity index (χ0) is 17.2. The van der Waals surface area contributed by atoms with Crippen LogP contribution in [-0.4, -0.2) is 9.55 Å². The second-order valence-electron chi connectivity index (χ2n) is 5.93. The minimum absolute atomic E-state index is 0.963. The lowest BCUT2D eigenvalue weighted by atomic mass is 10.1. The molecule has 0 saturated heterocycles. The highest BCUT2D eigenvalue weighted by molar-refractivity contribution is 9.10. The predicted molar refractivity (Wildman–Crippen MR) is 107 cm³/mol. The van der Waals surface area contributed by atoms with E-state index in [0.29, 0.717) is 0 Å². The number of nitrogens with zero attached hydrogens (tertiary/aromatic N) is 2. The third-order valence-corrected chi connectivity index (χ3v) is 4.82. The molecule has 122 valence electrons. The van der Waals surface area contributed by atoms with E-state index in [2.05, 4.69) is 88.2 Å². The van der Waals surface area contributed by atoms with E-state index < -0.39 is 0 Å². The largest absolute Gasteiger partial charge is 0.327 e. The molecule has 0 N–H and O–H groups in total. The number of aromatic nitrogens is 2. The molecule has 3 heteroatoms. The molecule has 0 saturated carbocycles. The Bertz CT molecular complexity index is 988. The van der Waals surface area contributed by atoms with Crippen LogP contribution in [0.3, 0.4) is 0 Å². The lowest BCUT2D eigenvalue weighted by Crippen LogP contribution is -1.95. The van der Waals surface area contributed by atoms with Gasteiger partial charge in [-0.2, -0.15) is 0 Å². The van der Waals surface area contributed by atoms with Crippen molar-refractivity contribution in [3.63, 3.8) is 0 Å². The summed E-state index contributed by atoms with van der Waals surface area (Å²) in [7, 11) is 2.08. The van der Waals surface area contributed by atoms with Crippen molar-refractivity contribution in [1.29, 1.82) is 0 Å². The van der Waals surface area contributed by atoms with Crippen LogP contribution in [0.15, 0.2) is 89.4 Å². The van der Waals surface area contributed by atoms with Crippen molar-refractivity contribution in [2.75, 3.05) is 0 Å². The number of hydrogen-bond donors (Lipinski definition) is 0. The molecule has 2 nitrogen and oxygen atoms in total. The zero-order valence-electron chi connectivity index (χ0n) is 13.9. The second kappa shape index (κ2) is 6.69. The Morgan fingerprint density at radius 1 is 0.680 bits per heavy atom. The molecular weight excluding hydrogens is 372 g/mol. The van der Waals surface area contributed by atoms with Gasteiger partial charge in [-0.15, -0.1) is 0 Å². The molecule has 0 unspecified atom stereocenters. The zero-order valence-corrected chi connectivity index (χ0v) is 15.4. The molecule has 0 aliphatic heterocycles. The van der Waals surface area contributed by atoms with Crippen LogP contribution in [0.5, 0.6) is 0 Å². The standard InChI is InChI=1S/C22H17BrN2/c1-25-21(17-10-6-3-7-11-17)20(16-8-4-2-5-9-16)24-22(25)18-12-14-19(23)15-13-18/h2-15H,1H3. The second-order valence-corrected chi connectivity index (χ2v) is 6.85. The number of hydrogen-bond acceptors (Lipinski definition) is 1. The van der Waals surface area contributed by atoms with Crippen LogP contribution >= 0.6 is 15.9 Å². The van der Waals surface area contributed by atoms with E-state index in [1.165, 1.54) is 5.56 Å². The quantitative estimate of drug-likeness (QED) is 0.409. The van der Waals surface area contributed by atoms with Crippen LogP contribution in [0.2, 0.25) is 0 Å². The van der Waals surface area contributed by atoms with Crippen LogP contribution in [0.1, 0.15) is 0 Å². The van der Waals surface area contributed by atoms with Gasteiger partial charge in [0.15, 0.2) is 0 Å². The smallest absolute Gasteiger partial charge is 0.140 e. The highest BCUT2D eigenvalue weighted by Crippen LogP contribution is 2.35. The fraction of sp³-hybridized carbons (Fsp3) is 0.0455. The van der Waals surface area contributed by atoms with Gasteiger partial charge in [-0.05, 0) is 12.1 Å². The molecular formula is C22H17BrN2. The predicted octanol–water partition coefficient (Wildman–Crippen LogP) is 6.18. The SMILES string of the molecule is Cn1c(-c2ccc(Br)cc2)nc(-c2ccccc2)c1-c1ccccc1. The van der Waals surface area contributed by atoms with E-state index in [-0.39, 0.29) is 0 Å². The summed E-state index contributed by atoms with van der Waals surface area (Å²) in [5.41, 5.74) is 5.53. The van der Waals surface area contributed by atoms with Gasteiger partial charge in [0.2, 0.25) is 0 Å². The fourth-order valence-corrected chi connectivity index (χ4v) is 3.34. The van der Waals surface area contributed by atoms with Gasteiger partial charge in [-0.1, -0.05) is 88.7 Å². The minimum Gasteiger partial charge on any atom is -0.327 e. The molecule has 3 aromatic carbocycles. The molecule has 1 heterocycles. The van der Waals surface area contributed by atoms with Gasteiger partial charge in [0.1, 0.15) is 5.82 Å². The normalized spacial score (nSPS) is 10.8. The summed E-state index contributed by atoms with van der Waals surface area (Å²) in [6, 6.07) is 29.1. The lowest BCUT2D eigenvalue weighted by molar-refractivity contribution is 0.933. The van der Waals surface area contributed by atoms with Crippen LogP contribution in [0.4, 0.5) is 0 Å². The summed E-state index contributed by atoms with van der Waals surface area (Å²) in [5, 5.41) is 0. The Kier molecular flexibility index (Phi) is 4.24. The van der Waals surface area contributed by atoms with Gasteiger partial charge >= 0.3 is 0 Å². The highest BCUT2D eigenvalue weighted by Gasteiger charge is 2.18. The van der Waals surface area contributed by atoms with Crippen LogP contribution < -0.4 is 0 Å². The number of imidazole rings is 1. The van der Waals surface area contributed by atoms with E-state index in [0.717, 1.165) is 32.8 Å². The topological polar surface area (TPSA) is 17.8 Å². The molecule has 0 amide bonds. The lowest BCUT2D eigenvalue weighted by Gasteiger charge is -2.08. The first-order valence-corrected chi connectivity index (χ1v) is 8.97. The monoisotopic (exact) mass is 388 g/mol. The van der Waals surface area contributed by atoms with Crippen molar-refractivity contribution < 1.29 is 0 Å². The summed E-state index contributed by atoms with van der Waals surface area (Å²) in [4.78, 5) is 5.00. The molecule has 0 fully saturated rings. The molecule has 0 aliphatic rings. The summed E-state index contributed by atoms with van der Waals surface area (Å²) in [6.45, 7) is 0. The Balaban J connectivity index is 1.97. The van der Waals surface area contributed by atoms with Crippen molar-refractivity contribution in [3.05, 3.63) is 89.4 Å². The fourth-order valence-electron chi connectivity index (χ4n) is 3.08. The minimum atomic E-state index is 0.963. The van der Waals surface area contributed by atoms with Gasteiger partial charge in [0, 0.05) is 28.2 Å². The molecule has 0 atom stereocenters. The molecule has 4 aromatic rings. The number of rotatable bonds is 3. The van der Waals surface area contributed by atoms with E-state index in [1.54, 1.807) is 0 Å². The molecule has 0 spiro atoms. The Labute approximate surface area is 155 Å². The van der Waals surface area contributed by atoms with Gasteiger partial charge in [-0.3, -0.25) is 0 Å². The van der Waals surface area contributed by atoms with Crippen LogP contribution in [-0.2, 0) is 7.05 Å². The van der Waals surface area contributed by atoms with Crippen molar-refractivity contribution in [3.8, 4) is 33.9 Å². The van der Waals surface area contributed by atoms with Crippen molar-refractivity contribution in [1.82, 2.24) is 9.55 Å². The molecule has 1 aromatic heterocycles. The number of halogens is 1. The first kappa shape index (κ1) is 15.9. The van der Waals surface area contributed by atoms with Gasteiger partial charge < -0.3 is 4.57 Å². The molecule has 0 radical (unpaired) electrons. The van der Waals surface area contributed by atoms with Gasteiger partial charge in [-0.25, -0.2) is 4.98 Å². The Hall–Kier alpha value is -2.65. The summed E-state index contributed by atoms with van der Waals surface area (Å²) in [6.07, 6.45) is 0.